The number of nitrogens with one attached hydrogen (secondary N) is 1. The number of nitrogens with zero attached hydrogens (tertiary/aromatic N) is 2. The second-order valence-electron chi connectivity index (χ2n) is 3.31. The average molecular weight is 268 g/mol. The number of aromatic nitrogens is 2. The van der Waals surface area contributed by atoms with E-state index in [4.69, 9.17) is 11.6 Å². The van der Waals surface area contributed by atoms with E-state index >= 15 is 0 Å². The second-order valence-corrected chi connectivity index (χ2v) is 4.97. The SMILES string of the molecule is CCc1cnccc1C(=O)Nc1ncc(Cl)s1. The first-order valence-corrected chi connectivity index (χ1v) is 6.25. The summed E-state index contributed by atoms with van der Waals surface area (Å²) in [6, 6.07) is 1.70. The highest BCUT2D eigenvalue weighted by molar-refractivity contribution is 7.19. The Morgan fingerprint density at radius 2 is 2.35 bits per heavy atom. The van der Waals surface area contributed by atoms with E-state index in [1.54, 1.807) is 18.5 Å². The number of anilines is 1. The van der Waals surface area contributed by atoms with Gasteiger partial charge in [0.1, 0.15) is 4.34 Å². The lowest BCUT2D eigenvalue weighted by Gasteiger charge is -2.05. The van der Waals surface area contributed by atoms with Gasteiger partial charge in [0.2, 0.25) is 0 Å². The number of aryl methyl sites for hydroxylation is 1. The number of thiazole rings is 1. The molecule has 0 saturated carbocycles. The molecule has 0 fully saturated rings. The largest absolute Gasteiger partial charge is 0.298 e. The van der Waals surface area contributed by atoms with Crippen molar-refractivity contribution in [3.63, 3.8) is 0 Å². The third-order valence-electron chi connectivity index (χ3n) is 2.23. The lowest BCUT2D eigenvalue weighted by atomic mass is 10.1. The van der Waals surface area contributed by atoms with Crippen LogP contribution in [0.2, 0.25) is 4.34 Å². The van der Waals surface area contributed by atoms with Crippen LogP contribution < -0.4 is 5.32 Å². The zero-order chi connectivity index (χ0) is 12.3. The molecule has 17 heavy (non-hydrogen) atoms. The number of hydrogen-bond donors (Lipinski definition) is 1. The van der Waals surface area contributed by atoms with Crippen LogP contribution in [0.15, 0.2) is 24.7 Å². The lowest BCUT2D eigenvalue weighted by molar-refractivity contribution is 0.102. The van der Waals surface area contributed by atoms with Crippen molar-refractivity contribution in [1.29, 1.82) is 0 Å². The topological polar surface area (TPSA) is 54.9 Å². The molecule has 4 nitrogen and oxygen atoms in total. The van der Waals surface area contributed by atoms with Crippen molar-refractivity contribution in [3.8, 4) is 0 Å². The number of hydrogen-bond acceptors (Lipinski definition) is 4. The fraction of sp³-hybridized carbons (Fsp3) is 0.182. The molecule has 0 aliphatic rings. The summed E-state index contributed by atoms with van der Waals surface area (Å²) in [4.78, 5) is 20.0. The molecule has 0 radical (unpaired) electrons. The monoisotopic (exact) mass is 267 g/mol. The first-order chi connectivity index (χ1) is 8.20. The van der Waals surface area contributed by atoms with Gasteiger partial charge in [-0.05, 0) is 18.1 Å². The Bertz CT molecular complexity index is 541. The van der Waals surface area contributed by atoms with Crippen LogP contribution in [0.5, 0.6) is 0 Å². The van der Waals surface area contributed by atoms with E-state index in [-0.39, 0.29) is 5.91 Å². The third kappa shape index (κ3) is 2.81. The standard InChI is InChI=1S/C11H10ClN3OS/c1-2-7-5-13-4-3-8(7)10(16)15-11-14-6-9(12)17-11/h3-6H,2H2,1H3,(H,14,15,16). The van der Waals surface area contributed by atoms with E-state index in [9.17, 15) is 4.79 Å². The van der Waals surface area contributed by atoms with Crippen molar-refractivity contribution >= 4 is 34.0 Å². The molecule has 2 rings (SSSR count). The van der Waals surface area contributed by atoms with Crippen LogP contribution in [0.25, 0.3) is 0 Å². The van der Waals surface area contributed by atoms with E-state index in [1.807, 2.05) is 6.92 Å². The second kappa shape index (κ2) is 5.25. The molecule has 0 saturated heterocycles. The van der Waals surface area contributed by atoms with Crippen LogP contribution in [0.4, 0.5) is 5.13 Å². The molecule has 0 aliphatic carbocycles. The zero-order valence-electron chi connectivity index (χ0n) is 9.11. The minimum Gasteiger partial charge on any atom is -0.298 e. The van der Waals surface area contributed by atoms with Crippen molar-refractivity contribution in [2.24, 2.45) is 0 Å². The highest BCUT2D eigenvalue weighted by Gasteiger charge is 2.11. The summed E-state index contributed by atoms with van der Waals surface area (Å²) in [5.41, 5.74) is 1.53. The Morgan fingerprint density at radius 1 is 1.53 bits per heavy atom. The van der Waals surface area contributed by atoms with Gasteiger partial charge < -0.3 is 0 Å². The van der Waals surface area contributed by atoms with Gasteiger partial charge in [-0.15, -0.1) is 0 Å². The highest BCUT2D eigenvalue weighted by Crippen LogP contribution is 2.23. The summed E-state index contributed by atoms with van der Waals surface area (Å²) in [5, 5.41) is 3.21. The van der Waals surface area contributed by atoms with Crippen molar-refractivity contribution in [1.82, 2.24) is 9.97 Å². The first-order valence-electron chi connectivity index (χ1n) is 5.06. The molecule has 1 amide bonds. The predicted octanol–water partition coefficient (Wildman–Crippen LogP) is 3.01. The Hall–Kier alpha value is -1.46. The molecule has 6 heteroatoms. The zero-order valence-corrected chi connectivity index (χ0v) is 10.7. The summed E-state index contributed by atoms with van der Waals surface area (Å²) in [5.74, 6) is -0.185. The molecule has 1 N–H and O–H groups in total. The van der Waals surface area contributed by atoms with Crippen LogP contribution in [-0.2, 0) is 6.42 Å². The van der Waals surface area contributed by atoms with Crippen LogP contribution in [0, 0.1) is 0 Å². The molecular formula is C11H10ClN3OS. The van der Waals surface area contributed by atoms with Crippen molar-refractivity contribution in [2.45, 2.75) is 13.3 Å². The summed E-state index contributed by atoms with van der Waals surface area (Å²) in [7, 11) is 0. The van der Waals surface area contributed by atoms with Gasteiger partial charge in [-0.3, -0.25) is 15.1 Å². The molecule has 0 bridgehead atoms. The van der Waals surface area contributed by atoms with E-state index < -0.39 is 0 Å². The molecule has 2 aromatic heterocycles. The van der Waals surface area contributed by atoms with E-state index in [1.165, 1.54) is 17.5 Å². The van der Waals surface area contributed by atoms with Crippen LogP contribution >= 0.6 is 22.9 Å². The number of rotatable bonds is 3. The third-order valence-corrected chi connectivity index (χ3v) is 3.26. The van der Waals surface area contributed by atoms with Crippen molar-refractivity contribution in [2.75, 3.05) is 5.32 Å². The van der Waals surface area contributed by atoms with Gasteiger partial charge in [-0.2, -0.15) is 0 Å². The van der Waals surface area contributed by atoms with Gasteiger partial charge in [0.15, 0.2) is 5.13 Å². The Labute approximate surface area is 108 Å². The fourth-order valence-corrected chi connectivity index (χ4v) is 2.21. The number of carbonyl (C=O) groups is 1. The van der Waals surface area contributed by atoms with Crippen LogP contribution in [0.3, 0.4) is 0 Å². The predicted molar refractivity (Wildman–Crippen MR) is 68.7 cm³/mol. The molecule has 0 unspecified atom stereocenters. The minimum atomic E-state index is -0.185. The number of halogens is 1. The van der Waals surface area contributed by atoms with Gasteiger partial charge in [0, 0.05) is 18.0 Å². The highest BCUT2D eigenvalue weighted by atomic mass is 35.5. The van der Waals surface area contributed by atoms with Gasteiger partial charge in [0.25, 0.3) is 5.91 Å². The number of amides is 1. The Morgan fingerprint density at radius 3 is 3.00 bits per heavy atom. The number of carbonyl (C=O) groups excluding carboxylic acids is 1. The van der Waals surface area contributed by atoms with E-state index in [0.29, 0.717) is 15.0 Å². The Balaban J connectivity index is 2.20. The fourth-order valence-electron chi connectivity index (χ4n) is 1.41. The molecule has 0 aliphatic heterocycles. The van der Waals surface area contributed by atoms with Crippen molar-refractivity contribution in [3.05, 3.63) is 40.1 Å². The maximum Gasteiger partial charge on any atom is 0.257 e. The van der Waals surface area contributed by atoms with Crippen LogP contribution in [-0.4, -0.2) is 15.9 Å². The first kappa shape index (κ1) is 12.0. The summed E-state index contributed by atoms with van der Waals surface area (Å²) in [6.07, 6.45) is 5.57. The molecule has 2 aromatic rings. The molecule has 0 spiro atoms. The summed E-state index contributed by atoms with van der Waals surface area (Å²) in [6.45, 7) is 1.98. The molecule has 88 valence electrons. The van der Waals surface area contributed by atoms with E-state index in [2.05, 4.69) is 15.3 Å². The van der Waals surface area contributed by atoms with Crippen LogP contribution in [0.1, 0.15) is 22.8 Å². The van der Waals surface area contributed by atoms with Gasteiger partial charge in [-0.25, -0.2) is 4.98 Å². The lowest BCUT2D eigenvalue weighted by Crippen LogP contribution is -2.14. The smallest absolute Gasteiger partial charge is 0.257 e. The molecular weight excluding hydrogens is 258 g/mol. The van der Waals surface area contributed by atoms with E-state index in [0.717, 1.165) is 12.0 Å². The minimum absolute atomic E-state index is 0.185. The Kier molecular flexibility index (Phi) is 3.71. The molecule has 2 heterocycles. The van der Waals surface area contributed by atoms with Gasteiger partial charge in [0.05, 0.1) is 6.20 Å². The van der Waals surface area contributed by atoms with Crippen molar-refractivity contribution < 1.29 is 4.79 Å². The van der Waals surface area contributed by atoms with Gasteiger partial charge in [-0.1, -0.05) is 29.9 Å². The summed E-state index contributed by atoms with van der Waals surface area (Å²) < 4.78 is 0.547. The average Bonchev–Trinajstić information content (AvgIpc) is 2.74. The maximum atomic E-state index is 12.0. The molecule has 0 atom stereocenters. The number of pyridine rings is 1. The molecule has 0 aromatic carbocycles. The van der Waals surface area contributed by atoms with Gasteiger partial charge >= 0.3 is 0 Å². The summed E-state index contributed by atoms with van der Waals surface area (Å²) >= 11 is 6.97. The quantitative estimate of drug-likeness (QED) is 0.930. The maximum absolute atomic E-state index is 12.0. The normalized spacial score (nSPS) is 10.2.